The van der Waals surface area contributed by atoms with Gasteiger partial charge in [-0.1, -0.05) is 0 Å². The summed E-state index contributed by atoms with van der Waals surface area (Å²) in [6, 6.07) is 4.40. The zero-order valence-corrected chi connectivity index (χ0v) is 10.9. The summed E-state index contributed by atoms with van der Waals surface area (Å²) in [6.45, 7) is 1.18. The van der Waals surface area contributed by atoms with Crippen molar-refractivity contribution in [2.45, 2.75) is 25.4 Å². The van der Waals surface area contributed by atoms with E-state index in [2.05, 4.69) is 15.6 Å². The fraction of sp³-hybridized carbons (Fsp3) is 0.538. The van der Waals surface area contributed by atoms with Crippen LogP contribution in [0.5, 0.6) is 0 Å². The third-order valence-electron chi connectivity index (χ3n) is 2.89. The van der Waals surface area contributed by atoms with Crippen molar-refractivity contribution in [3.63, 3.8) is 0 Å². The maximum absolute atomic E-state index is 11.6. The Balaban J connectivity index is 1.81. The van der Waals surface area contributed by atoms with Gasteiger partial charge in [-0.15, -0.1) is 0 Å². The lowest BCUT2D eigenvalue weighted by molar-refractivity contribution is -0.122. The molecule has 1 heterocycles. The van der Waals surface area contributed by atoms with Crippen LogP contribution in [0.25, 0.3) is 0 Å². The van der Waals surface area contributed by atoms with Crippen molar-refractivity contribution in [2.75, 3.05) is 26.0 Å². The zero-order valence-electron chi connectivity index (χ0n) is 10.9. The average Bonchev–Trinajstić information content (AvgIpc) is 3.12. The first-order chi connectivity index (χ1) is 8.67. The van der Waals surface area contributed by atoms with Gasteiger partial charge in [0.25, 0.3) is 0 Å². The second kappa shape index (κ2) is 5.82. The van der Waals surface area contributed by atoms with Crippen molar-refractivity contribution >= 4 is 11.7 Å². The molecular formula is C13H20N4O. The van der Waals surface area contributed by atoms with Crippen LogP contribution in [-0.2, 0) is 11.3 Å². The molecule has 1 aliphatic carbocycles. The van der Waals surface area contributed by atoms with Gasteiger partial charge in [-0.3, -0.25) is 9.69 Å². The second-order valence-electron chi connectivity index (χ2n) is 4.81. The maximum Gasteiger partial charge on any atom is 0.234 e. The highest BCUT2D eigenvalue weighted by Gasteiger charge is 2.23. The molecule has 5 heteroatoms. The van der Waals surface area contributed by atoms with E-state index in [1.807, 2.05) is 31.1 Å². The van der Waals surface area contributed by atoms with Crippen LogP contribution in [-0.4, -0.2) is 42.5 Å². The minimum Gasteiger partial charge on any atom is -0.373 e. The van der Waals surface area contributed by atoms with E-state index < -0.39 is 0 Å². The summed E-state index contributed by atoms with van der Waals surface area (Å²) in [5.41, 5.74) is 1.15. The molecule has 0 aliphatic heterocycles. The van der Waals surface area contributed by atoms with Crippen molar-refractivity contribution in [3.8, 4) is 0 Å². The van der Waals surface area contributed by atoms with E-state index in [4.69, 9.17) is 0 Å². The molecule has 0 aromatic carbocycles. The fourth-order valence-corrected chi connectivity index (χ4v) is 1.82. The maximum atomic E-state index is 11.6. The highest BCUT2D eigenvalue weighted by Crippen LogP contribution is 2.18. The van der Waals surface area contributed by atoms with Crippen LogP contribution in [0.3, 0.4) is 0 Å². The molecule has 0 unspecified atom stereocenters. The van der Waals surface area contributed by atoms with Crippen molar-refractivity contribution < 1.29 is 4.79 Å². The first-order valence-electron chi connectivity index (χ1n) is 6.28. The number of hydrogen-bond acceptors (Lipinski definition) is 4. The number of nitrogens with zero attached hydrogens (tertiary/aromatic N) is 2. The number of aromatic nitrogens is 1. The predicted octanol–water partition coefficient (Wildman–Crippen LogP) is 0.834. The quantitative estimate of drug-likeness (QED) is 0.783. The van der Waals surface area contributed by atoms with Gasteiger partial charge in [-0.2, -0.15) is 0 Å². The molecule has 0 atom stereocenters. The first kappa shape index (κ1) is 12.8. The minimum atomic E-state index is 0.114. The lowest BCUT2D eigenvalue weighted by Crippen LogP contribution is -2.35. The number of pyridine rings is 1. The molecule has 0 bridgehead atoms. The molecule has 5 nitrogen and oxygen atoms in total. The second-order valence-corrected chi connectivity index (χ2v) is 4.81. The highest BCUT2D eigenvalue weighted by atomic mass is 16.2. The summed E-state index contributed by atoms with van der Waals surface area (Å²) in [6.07, 6.45) is 4.04. The molecule has 1 fully saturated rings. The van der Waals surface area contributed by atoms with E-state index >= 15 is 0 Å². The van der Waals surface area contributed by atoms with Crippen LogP contribution in [0, 0.1) is 0 Å². The third kappa shape index (κ3) is 4.00. The average molecular weight is 248 g/mol. The predicted molar refractivity (Wildman–Crippen MR) is 71.3 cm³/mol. The molecule has 2 rings (SSSR count). The van der Waals surface area contributed by atoms with E-state index in [-0.39, 0.29) is 5.91 Å². The van der Waals surface area contributed by atoms with Gasteiger partial charge in [0, 0.05) is 25.8 Å². The Labute approximate surface area is 108 Å². The summed E-state index contributed by atoms with van der Waals surface area (Å²) in [7, 11) is 3.80. The summed E-state index contributed by atoms with van der Waals surface area (Å²) in [5, 5.41) is 5.99. The van der Waals surface area contributed by atoms with Gasteiger partial charge < -0.3 is 10.6 Å². The fourth-order valence-electron chi connectivity index (χ4n) is 1.82. The van der Waals surface area contributed by atoms with Gasteiger partial charge >= 0.3 is 0 Å². The lowest BCUT2D eigenvalue weighted by Gasteiger charge is -2.16. The lowest BCUT2D eigenvalue weighted by atomic mass is 10.2. The van der Waals surface area contributed by atoms with Crippen molar-refractivity contribution in [3.05, 3.63) is 23.9 Å². The van der Waals surface area contributed by atoms with Crippen LogP contribution >= 0.6 is 0 Å². The van der Waals surface area contributed by atoms with Crippen LogP contribution in [0.4, 0.5) is 5.82 Å². The molecule has 1 amide bonds. The Morgan fingerprint density at radius 1 is 1.56 bits per heavy atom. The van der Waals surface area contributed by atoms with Gasteiger partial charge in [0.2, 0.25) is 5.91 Å². The standard InChI is InChI=1S/C13H20N4O/c1-14-12-7-10(5-6-15-12)8-17(2)9-13(18)16-11-3-4-11/h5-7,11H,3-4,8-9H2,1-2H3,(H,14,15)(H,16,18). The van der Waals surface area contributed by atoms with Crippen LogP contribution in [0.2, 0.25) is 0 Å². The SMILES string of the molecule is CNc1cc(CN(C)CC(=O)NC2CC2)ccn1. The van der Waals surface area contributed by atoms with Crippen LogP contribution in [0.1, 0.15) is 18.4 Å². The van der Waals surface area contributed by atoms with Crippen LogP contribution in [0.15, 0.2) is 18.3 Å². The monoisotopic (exact) mass is 248 g/mol. The normalized spacial score (nSPS) is 14.6. The summed E-state index contributed by atoms with van der Waals surface area (Å²) < 4.78 is 0. The van der Waals surface area contributed by atoms with E-state index in [1.54, 1.807) is 6.20 Å². The number of carbonyl (C=O) groups is 1. The van der Waals surface area contributed by atoms with Gasteiger partial charge in [0.05, 0.1) is 6.54 Å². The van der Waals surface area contributed by atoms with Crippen molar-refractivity contribution in [1.29, 1.82) is 0 Å². The van der Waals surface area contributed by atoms with E-state index in [0.717, 1.165) is 30.8 Å². The number of hydrogen-bond donors (Lipinski definition) is 2. The number of likely N-dealkylation sites (N-methyl/N-ethyl adjacent to an activating group) is 1. The number of anilines is 1. The Kier molecular flexibility index (Phi) is 4.15. The Morgan fingerprint density at radius 3 is 3.00 bits per heavy atom. The number of amides is 1. The Hall–Kier alpha value is -1.62. The number of carbonyl (C=O) groups excluding carboxylic acids is 1. The molecule has 0 saturated heterocycles. The molecule has 1 aromatic heterocycles. The molecule has 0 radical (unpaired) electrons. The van der Waals surface area contributed by atoms with E-state index in [1.165, 1.54) is 0 Å². The Bertz CT molecular complexity index is 417. The Morgan fingerprint density at radius 2 is 2.33 bits per heavy atom. The third-order valence-corrected chi connectivity index (χ3v) is 2.89. The molecule has 1 aromatic rings. The zero-order chi connectivity index (χ0) is 13.0. The van der Waals surface area contributed by atoms with Gasteiger partial charge in [0.1, 0.15) is 5.82 Å². The summed E-state index contributed by atoms with van der Waals surface area (Å²) in [5.74, 6) is 0.964. The molecular weight excluding hydrogens is 228 g/mol. The first-order valence-corrected chi connectivity index (χ1v) is 6.28. The molecule has 0 spiro atoms. The smallest absolute Gasteiger partial charge is 0.234 e. The molecule has 18 heavy (non-hydrogen) atoms. The van der Waals surface area contributed by atoms with E-state index in [9.17, 15) is 4.79 Å². The van der Waals surface area contributed by atoms with Crippen LogP contribution < -0.4 is 10.6 Å². The van der Waals surface area contributed by atoms with Gasteiger partial charge in [0.15, 0.2) is 0 Å². The largest absolute Gasteiger partial charge is 0.373 e. The molecule has 98 valence electrons. The molecule has 2 N–H and O–H groups in total. The highest BCUT2D eigenvalue weighted by molar-refractivity contribution is 5.78. The molecule has 1 aliphatic rings. The molecule has 1 saturated carbocycles. The number of nitrogens with one attached hydrogen (secondary N) is 2. The minimum absolute atomic E-state index is 0.114. The summed E-state index contributed by atoms with van der Waals surface area (Å²) >= 11 is 0. The van der Waals surface area contributed by atoms with Gasteiger partial charge in [-0.25, -0.2) is 4.98 Å². The number of rotatable bonds is 6. The summed E-state index contributed by atoms with van der Waals surface area (Å²) in [4.78, 5) is 17.8. The van der Waals surface area contributed by atoms with Crippen molar-refractivity contribution in [1.82, 2.24) is 15.2 Å². The topological polar surface area (TPSA) is 57.3 Å². The van der Waals surface area contributed by atoms with E-state index in [0.29, 0.717) is 12.6 Å². The van der Waals surface area contributed by atoms with Crippen molar-refractivity contribution in [2.24, 2.45) is 0 Å². The van der Waals surface area contributed by atoms with Gasteiger partial charge in [-0.05, 0) is 37.6 Å².